The van der Waals surface area contributed by atoms with E-state index in [1.165, 1.54) is 29.5 Å². The van der Waals surface area contributed by atoms with Crippen LogP contribution in [0.3, 0.4) is 0 Å². The van der Waals surface area contributed by atoms with Gasteiger partial charge in [-0.15, -0.1) is 11.3 Å². The highest BCUT2D eigenvalue weighted by Gasteiger charge is 2.22. The third kappa shape index (κ3) is 2.82. The predicted molar refractivity (Wildman–Crippen MR) is 89.8 cm³/mol. The topological polar surface area (TPSA) is 67.1 Å². The Bertz CT molecular complexity index is 616. The van der Waals surface area contributed by atoms with Crippen molar-refractivity contribution in [2.75, 3.05) is 23.4 Å². The lowest BCUT2D eigenvalue weighted by atomic mass is 9.94. The van der Waals surface area contributed by atoms with Gasteiger partial charge in [-0.25, -0.2) is 10.8 Å². The Morgan fingerprint density at radius 3 is 2.71 bits per heavy atom. The number of nitrogens with zero attached hydrogens (tertiary/aromatic N) is 3. The average molecular weight is 305 g/mol. The highest BCUT2D eigenvalue weighted by Crippen LogP contribution is 2.34. The van der Waals surface area contributed by atoms with E-state index < -0.39 is 0 Å². The molecule has 0 amide bonds. The summed E-state index contributed by atoms with van der Waals surface area (Å²) in [5.41, 5.74) is 2.60. The molecule has 1 aliphatic rings. The molecule has 0 bridgehead atoms. The maximum absolute atomic E-state index is 5.53. The first-order valence-corrected chi connectivity index (χ1v) is 8.58. The fraction of sp³-hybridized carbons (Fsp3) is 0.600. The minimum Gasteiger partial charge on any atom is -0.356 e. The van der Waals surface area contributed by atoms with Crippen LogP contribution in [0.5, 0.6) is 0 Å². The van der Waals surface area contributed by atoms with E-state index in [0.29, 0.717) is 5.95 Å². The van der Waals surface area contributed by atoms with Gasteiger partial charge < -0.3 is 4.90 Å². The molecule has 3 rings (SSSR count). The molecule has 21 heavy (non-hydrogen) atoms. The second kappa shape index (κ2) is 6.15. The third-order valence-electron chi connectivity index (χ3n) is 4.39. The van der Waals surface area contributed by atoms with E-state index >= 15 is 0 Å². The van der Waals surface area contributed by atoms with Gasteiger partial charge in [0.25, 0.3) is 0 Å². The minimum absolute atomic E-state index is 0.514. The summed E-state index contributed by atoms with van der Waals surface area (Å²) in [7, 11) is 0. The number of nitrogen functional groups attached to an aromatic ring is 1. The van der Waals surface area contributed by atoms with Crippen molar-refractivity contribution in [3.05, 3.63) is 10.9 Å². The number of hydrogen-bond donors (Lipinski definition) is 2. The van der Waals surface area contributed by atoms with Gasteiger partial charge in [0.2, 0.25) is 5.95 Å². The first-order valence-electron chi connectivity index (χ1n) is 7.77. The van der Waals surface area contributed by atoms with E-state index in [-0.39, 0.29) is 0 Å². The lowest BCUT2D eigenvalue weighted by molar-refractivity contribution is 0.394. The number of hydrogen-bond acceptors (Lipinski definition) is 6. The Morgan fingerprint density at radius 2 is 2.10 bits per heavy atom. The second-order valence-corrected chi connectivity index (χ2v) is 6.75. The molecule has 1 fully saturated rings. The summed E-state index contributed by atoms with van der Waals surface area (Å²) in [5.74, 6) is 7.95. The fourth-order valence-electron chi connectivity index (χ4n) is 2.99. The van der Waals surface area contributed by atoms with Crippen LogP contribution < -0.4 is 16.2 Å². The van der Waals surface area contributed by atoms with Gasteiger partial charge in [-0.1, -0.05) is 20.3 Å². The maximum atomic E-state index is 5.53. The summed E-state index contributed by atoms with van der Waals surface area (Å²) in [4.78, 5) is 13.9. The van der Waals surface area contributed by atoms with Crippen molar-refractivity contribution in [1.29, 1.82) is 0 Å². The maximum Gasteiger partial charge on any atom is 0.240 e. The smallest absolute Gasteiger partial charge is 0.240 e. The van der Waals surface area contributed by atoms with Gasteiger partial charge in [0.15, 0.2) is 0 Å². The van der Waals surface area contributed by atoms with Gasteiger partial charge in [-0.3, -0.25) is 5.43 Å². The molecular formula is C15H23N5S. The van der Waals surface area contributed by atoms with Gasteiger partial charge in [-0.05, 0) is 31.2 Å². The van der Waals surface area contributed by atoms with Crippen molar-refractivity contribution in [2.45, 2.75) is 39.5 Å². The van der Waals surface area contributed by atoms with Gasteiger partial charge in [-0.2, -0.15) is 4.98 Å². The number of anilines is 2. The van der Waals surface area contributed by atoms with Crippen LogP contribution in [-0.4, -0.2) is 23.1 Å². The molecule has 2 aromatic heterocycles. The summed E-state index contributed by atoms with van der Waals surface area (Å²) in [6.07, 6.45) is 4.81. The van der Waals surface area contributed by atoms with Crippen LogP contribution >= 0.6 is 11.3 Å². The Balaban J connectivity index is 1.98. The Kier molecular flexibility index (Phi) is 4.26. The van der Waals surface area contributed by atoms with Gasteiger partial charge >= 0.3 is 0 Å². The molecule has 0 radical (unpaired) electrons. The molecule has 3 heterocycles. The Morgan fingerprint density at radius 1 is 1.33 bits per heavy atom. The largest absolute Gasteiger partial charge is 0.356 e. The highest BCUT2D eigenvalue weighted by atomic mass is 32.1. The molecule has 6 heteroatoms. The van der Waals surface area contributed by atoms with Gasteiger partial charge in [0, 0.05) is 18.0 Å². The standard InChI is InChI=1S/C15H23N5S/c1-3-10-5-7-20(8-6-10)13-12-9-11(4-2)21-14(12)18-15(17-13)19-16/h9-10H,3-8,16H2,1-2H3,(H,17,18,19). The first kappa shape index (κ1) is 14.5. The number of hydrazine groups is 1. The molecule has 0 atom stereocenters. The van der Waals surface area contributed by atoms with Crippen LogP contribution in [0.25, 0.3) is 10.2 Å². The summed E-state index contributed by atoms with van der Waals surface area (Å²) >= 11 is 1.74. The number of rotatable bonds is 4. The lowest BCUT2D eigenvalue weighted by Crippen LogP contribution is -2.34. The van der Waals surface area contributed by atoms with E-state index in [1.807, 2.05) is 0 Å². The van der Waals surface area contributed by atoms with Gasteiger partial charge in [0.05, 0.1) is 5.39 Å². The molecule has 3 N–H and O–H groups in total. The number of nitrogens with one attached hydrogen (secondary N) is 1. The van der Waals surface area contributed by atoms with Crippen LogP contribution in [0.4, 0.5) is 11.8 Å². The molecule has 0 saturated carbocycles. The summed E-state index contributed by atoms with van der Waals surface area (Å²) in [6.45, 7) is 6.61. The predicted octanol–water partition coefficient (Wildman–Crippen LogP) is 3.17. The summed E-state index contributed by atoms with van der Waals surface area (Å²) in [6, 6.07) is 2.24. The number of thiophene rings is 1. The molecule has 2 aromatic rings. The quantitative estimate of drug-likeness (QED) is 0.671. The van der Waals surface area contributed by atoms with E-state index in [0.717, 1.165) is 36.1 Å². The van der Waals surface area contributed by atoms with E-state index in [4.69, 9.17) is 5.84 Å². The van der Waals surface area contributed by atoms with E-state index in [2.05, 4.69) is 40.2 Å². The monoisotopic (exact) mass is 305 g/mol. The fourth-order valence-corrected chi connectivity index (χ4v) is 3.95. The van der Waals surface area contributed by atoms with E-state index in [1.54, 1.807) is 11.3 Å². The normalized spacial score (nSPS) is 16.6. The zero-order valence-corrected chi connectivity index (χ0v) is 13.5. The average Bonchev–Trinajstić information content (AvgIpc) is 2.97. The number of aryl methyl sites for hydroxylation is 1. The molecule has 0 unspecified atom stereocenters. The van der Waals surface area contributed by atoms with Crippen molar-refractivity contribution in [3.63, 3.8) is 0 Å². The number of nitrogens with two attached hydrogens (primary N) is 1. The second-order valence-electron chi connectivity index (χ2n) is 5.64. The molecular weight excluding hydrogens is 282 g/mol. The molecule has 0 aliphatic carbocycles. The van der Waals surface area contributed by atoms with Crippen molar-refractivity contribution >= 4 is 33.3 Å². The van der Waals surface area contributed by atoms with Crippen LogP contribution in [-0.2, 0) is 6.42 Å². The van der Waals surface area contributed by atoms with Crippen molar-refractivity contribution in [2.24, 2.45) is 11.8 Å². The number of aromatic nitrogens is 2. The van der Waals surface area contributed by atoms with Crippen LogP contribution in [0.15, 0.2) is 6.07 Å². The molecule has 0 spiro atoms. The first-order chi connectivity index (χ1) is 10.2. The number of piperidine rings is 1. The van der Waals surface area contributed by atoms with Crippen molar-refractivity contribution in [3.8, 4) is 0 Å². The minimum atomic E-state index is 0.514. The molecule has 1 aliphatic heterocycles. The SMILES string of the molecule is CCc1cc2c(N3CCC(CC)CC3)nc(NN)nc2s1. The Hall–Kier alpha value is -1.40. The lowest BCUT2D eigenvalue weighted by Gasteiger charge is -2.32. The third-order valence-corrected chi connectivity index (χ3v) is 5.57. The van der Waals surface area contributed by atoms with Crippen LogP contribution in [0.1, 0.15) is 38.0 Å². The molecule has 0 aromatic carbocycles. The van der Waals surface area contributed by atoms with Crippen LogP contribution in [0.2, 0.25) is 0 Å². The molecule has 1 saturated heterocycles. The Labute approximate surface area is 129 Å². The van der Waals surface area contributed by atoms with Crippen LogP contribution in [0, 0.1) is 5.92 Å². The summed E-state index contributed by atoms with van der Waals surface area (Å²) < 4.78 is 0. The zero-order chi connectivity index (χ0) is 14.8. The zero-order valence-electron chi connectivity index (χ0n) is 12.7. The van der Waals surface area contributed by atoms with Crippen molar-refractivity contribution in [1.82, 2.24) is 9.97 Å². The highest BCUT2D eigenvalue weighted by molar-refractivity contribution is 7.18. The van der Waals surface area contributed by atoms with Crippen molar-refractivity contribution < 1.29 is 0 Å². The number of fused-ring (bicyclic) bond motifs is 1. The van der Waals surface area contributed by atoms with E-state index in [9.17, 15) is 0 Å². The summed E-state index contributed by atoms with van der Waals surface area (Å²) in [5, 5.41) is 1.17. The molecule has 114 valence electrons. The van der Waals surface area contributed by atoms with Gasteiger partial charge in [0.1, 0.15) is 10.6 Å². The molecule has 5 nitrogen and oxygen atoms in total.